The molecule has 0 radical (unpaired) electrons. The first kappa shape index (κ1) is 12.6. The van der Waals surface area contributed by atoms with E-state index in [-0.39, 0.29) is 0 Å². The summed E-state index contributed by atoms with van der Waals surface area (Å²) in [7, 11) is 0. The van der Waals surface area contributed by atoms with Crippen molar-refractivity contribution >= 4 is 16.9 Å². The molecule has 106 valence electrons. The summed E-state index contributed by atoms with van der Waals surface area (Å²) in [4.78, 5) is 5.10. The molecule has 3 saturated carbocycles. The summed E-state index contributed by atoms with van der Waals surface area (Å²) < 4.78 is 0. The molecule has 1 aliphatic heterocycles. The fraction of sp³-hybridized carbons (Fsp3) is 0.938. The zero-order valence-corrected chi connectivity index (χ0v) is 12.8. The lowest BCUT2D eigenvalue weighted by Crippen LogP contribution is -2.47. The highest BCUT2D eigenvalue weighted by atomic mass is 32.2. The van der Waals surface area contributed by atoms with Gasteiger partial charge in [0, 0.05) is 11.3 Å². The summed E-state index contributed by atoms with van der Waals surface area (Å²) in [5.74, 6) is 4.08. The molecule has 1 heterocycles. The molecule has 3 aliphatic carbocycles. The molecule has 0 aromatic rings. The van der Waals surface area contributed by atoms with Crippen LogP contribution in [-0.2, 0) is 0 Å². The minimum absolute atomic E-state index is 0.402. The van der Waals surface area contributed by atoms with E-state index in [1.807, 2.05) is 11.8 Å². The van der Waals surface area contributed by atoms with E-state index in [9.17, 15) is 0 Å². The number of aliphatic imine (C=N–C) groups is 1. The zero-order chi connectivity index (χ0) is 12.9. The molecular weight excluding hydrogens is 252 g/mol. The van der Waals surface area contributed by atoms with Gasteiger partial charge in [0.2, 0.25) is 0 Å². The minimum Gasteiger partial charge on any atom is -0.359 e. The summed E-state index contributed by atoms with van der Waals surface area (Å²) >= 11 is 2.00. The molecule has 1 N–H and O–H groups in total. The maximum atomic E-state index is 5.10. The van der Waals surface area contributed by atoms with Gasteiger partial charge in [0.15, 0.2) is 5.17 Å². The van der Waals surface area contributed by atoms with Crippen LogP contribution < -0.4 is 5.32 Å². The van der Waals surface area contributed by atoms with E-state index >= 15 is 0 Å². The second-order valence-electron chi connectivity index (χ2n) is 7.57. The van der Waals surface area contributed by atoms with Gasteiger partial charge < -0.3 is 5.32 Å². The predicted octanol–water partition coefficient (Wildman–Crippen LogP) is 3.82. The van der Waals surface area contributed by atoms with Crippen LogP contribution in [0.3, 0.4) is 0 Å². The number of fused-ring (bicyclic) bond motifs is 2. The minimum atomic E-state index is 0.402. The molecular formula is C16H26N2S. The van der Waals surface area contributed by atoms with Gasteiger partial charge in [0.1, 0.15) is 0 Å². The van der Waals surface area contributed by atoms with Gasteiger partial charge in [-0.15, -0.1) is 0 Å². The first-order valence-electron chi connectivity index (χ1n) is 8.21. The molecule has 0 aromatic heterocycles. The van der Waals surface area contributed by atoms with Crippen molar-refractivity contribution in [3.63, 3.8) is 0 Å². The largest absolute Gasteiger partial charge is 0.359 e. The highest BCUT2D eigenvalue weighted by Gasteiger charge is 2.43. The Morgan fingerprint density at radius 3 is 2.95 bits per heavy atom. The van der Waals surface area contributed by atoms with E-state index in [1.54, 1.807) is 0 Å². The molecule has 1 saturated heterocycles. The Bertz CT molecular complexity index is 394. The maximum absolute atomic E-state index is 5.10. The number of nitrogens with zero attached hydrogens (tertiary/aromatic N) is 1. The van der Waals surface area contributed by atoms with Crippen molar-refractivity contribution in [1.29, 1.82) is 0 Å². The molecule has 4 fully saturated rings. The SMILES string of the molecule is CC1CCCC2(CSC(=NC3CC4CCC3C4)N2)C1. The van der Waals surface area contributed by atoms with E-state index in [2.05, 4.69) is 12.2 Å². The summed E-state index contributed by atoms with van der Waals surface area (Å²) in [5.41, 5.74) is 0.402. The molecule has 19 heavy (non-hydrogen) atoms. The smallest absolute Gasteiger partial charge is 0.157 e. The van der Waals surface area contributed by atoms with Gasteiger partial charge in [-0.25, -0.2) is 0 Å². The third-order valence-corrected chi connectivity index (χ3v) is 7.11. The standard InChI is InChI=1S/C16H26N2S/c1-11-3-2-6-16(9-11)10-19-15(18-16)17-14-8-12-4-5-13(14)7-12/h11-14H,2-10H2,1H3,(H,17,18). The van der Waals surface area contributed by atoms with Crippen molar-refractivity contribution in [2.45, 2.75) is 69.9 Å². The van der Waals surface area contributed by atoms with E-state index in [1.165, 1.54) is 62.3 Å². The van der Waals surface area contributed by atoms with Crippen molar-refractivity contribution in [2.75, 3.05) is 5.75 Å². The van der Waals surface area contributed by atoms with Crippen molar-refractivity contribution in [3.05, 3.63) is 0 Å². The molecule has 4 rings (SSSR count). The molecule has 1 spiro atoms. The van der Waals surface area contributed by atoms with Crippen LogP contribution in [0.5, 0.6) is 0 Å². The first-order chi connectivity index (χ1) is 9.22. The number of rotatable bonds is 1. The van der Waals surface area contributed by atoms with Crippen molar-refractivity contribution < 1.29 is 0 Å². The Balaban J connectivity index is 1.44. The van der Waals surface area contributed by atoms with Crippen LogP contribution in [-0.4, -0.2) is 22.5 Å². The van der Waals surface area contributed by atoms with Crippen molar-refractivity contribution in [1.82, 2.24) is 5.32 Å². The van der Waals surface area contributed by atoms with E-state index in [0.717, 1.165) is 17.8 Å². The zero-order valence-electron chi connectivity index (χ0n) is 12.0. The van der Waals surface area contributed by atoms with Gasteiger partial charge in [-0.1, -0.05) is 37.9 Å². The van der Waals surface area contributed by atoms with Gasteiger partial charge in [-0.2, -0.15) is 0 Å². The average Bonchev–Trinajstić information content (AvgIpc) is 3.06. The monoisotopic (exact) mass is 278 g/mol. The highest BCUT2D eigenvalue weighted by molar-refractivity contribution is 8.14. The Hall–Kier alpha value is -0.180. The fourth-order valence-electron chi connectivity index (χ4n) is 5.00. The summed E-state index contributed by atoms with van der Waals surface area (Å²) in [6.45, 7) is 2.42. The average molecular weight is 278 g/mol. The van der Waals surface area contributed by atoms with Gasteiger partial charge in [0.05, 0.1) is 6.04 Å². The van der Waals surface area contributed by atoms with Crippen LogP contribution >= 0.6 is 11.8 Å². The third kappa shape index (κ3) is 2.32. The molecule has 3 heteroatoms. The van der Waals surface area contributed by atoms with Crippen molar-refractivity contribution in [2.24, 2.45) is 22.7 Å². The van der Waals surface area contributed by atoms with Crippen molar-refractivity contribution in [3.8, 4) is 0 Å². The number of thioether (sulfide) groups is 1. The molecule has 4 aliphatic rings. The Morgan fingerprint density at radius 1 is 1.26 bits per heavy atom. The van der Waals surface area contributed by atoms with Crippen LogP contribution in [0.25, 0.3) is 0 Å². The Labute approximate surface area is 121 Å². The summed E-state index contributed by atoms with van der Waals surface area (Å²) in [5, 5.41) is 5.12. The summed E-state index contributed by atoms with van der Waals surface area (Å²) in [6, 6.07) is 0.657. The molecule has 0 amide bonds. The molecule has 2 bridgehead atoms. The predicted molar refractivity (Wildman–Crippen MR) is 82.6 cm³/mol. The molecule has 5 atom stereocenters. The lowest BCUT2D eigenvalue weighted by molar-refractivity contribution is 0.242. The van der Waals surface area contributed by atoms with Crippen LogP contribution in [0, 0.1) is 17.8 Å². The maximum Gasteiger partial charge on any atom is 0.157 e. The molecule has 2 nitrogen and oxygen atoms in total. The van der Waals surface area contributed by atoms with Crippen LogP contribution in [0.4, 0.5) is 0 Å². The number of nitrogens with one attached hydrogen (secondary N) is 1. The van der Waals surface area contributed by atoms with Gasteiger partial charge in [0.25, 0.3) is 0 Å². The quantitative estimate of drug-likeness (QED) is 0.788. The second kappa shape index (κ2) is 4.68. The van der Waals surface area contributed by atoms with Crippen LogP contribution in [0.2, 0.25) is 0 Å². The van der Waals surface area contributed by atoms with E-state index in [4.69, 9.17) is 4.99 Å². The van der Waals surface area contributed by atoms with E-state index in [0.29, 0.717) is 11.6 Å². The number of hydrogen-bond acceptors (Lipinski definition) is 2. The Morgan fingerprint density at radius 2 is 2.21 bits per heavy atom. The number of amidine groups is 1. The number of hydrogen-bond donors (Lipinski definition) is 1. The second-order valence-corrected chi connectivity index (χ2v) is 8.54. The van der Waals surface area contributed by atoms with Crippen LogP contribution in [0.1, 0.15) is 58.3 Å². The summed E-state index contributed by atoms with van der Waals surface area (Å²) in [6.07, 6.45) is 11.3. The molecule has 5 unspecified atom stereocenters. The highest BCUT2D eigenvalue weighted by Crippen LogP contribution is 2.47. The Kier molecular flexibility index (Phi) is 3.09. The first-order valence-corrected chi connectivity index (χ1v) is 9.20. The lowest BCUT2D eigenvalue weighted by atomic mass is 9.78. The topological polar surface area (TPSA) is 24.4 Å². The van der Waals surface area contributed by atoms with Gasteiger partial charge >= 0.3 is 0 Å². The van der Waals surface area contributed by atoms with Crippen LogP contribution in [0.15, 0.2) is 4.99 Å². The fourth-order valence-corrected chi connectivity index (χ4v) is 6.25. The molecule has 0 aromatic carbocycles. The van der Waals surface area contributed by atoms with Gasteiger partial charge in [-0.3, -0.25) is 4.99 Å². The normalized spacial score (nSPS) is 51.1. The third-order valence-electron chi connectivity index (χ3n) is 5.93. The lowest BCUT2D eigenvalue weighted by Gasteiger charge is -2.36. The van der Waals surface area contributed by atoms with E-state index < -0.39 is 0 Å². The van der Waals surface area contributed by atoms with Gasteiger partial charge in [-0.05, 0) is 49.9 Å².